The van der Waals surface area contributed by atoms with Gasteiger partial charge >= 0.3 is 0 Å². The molecule has 1 aromatic carbocycles. The van der Waals surface area contributed by atoms with Crippen molar-refractivity contribution in [1.82, 2.24) is 4.90 Å². The first-order valence-electron chi connectivity index (χ1n) is 6.81. The molecule has 0 aromatic heterocycles. The van der Waals surface area contributed by atoms with Gasteiger partial charge in [0.1, 0.15) is 5.75 Å². The van der Waals surface area contributed by atoms with Gasteiger partial charge in [-0.15, -0.1) is 0 Å². The summed E-state index contributed by atoms with van der Waals surface area (Å²) in [6.07, 6.45) is 3.08. The molecule has 0 saturated heterocycles. The van der Waals surface area contributed by atoms with E-state index in [1.807, 2.05) is 30.0 Å². The summed E-state index contributed by atoms with van der Waals surface area (Å²) in [4.78, 5) is 14.1. The zero-order valence-electron chi connectivity index (χ0n) is 11.2. The van der Waals surface area contributed by atoms with Crippen LogP contribution in [0.3, 0.4) is 0 Å². The Hall–Kier alpha value is -1.51. The normalized spacial score (nSPS) is 14.6. The molecule has 0 N–H and O–H groups in total. The second kappa shape index (κ2) is 5.89. The number of unbranched alkanes of at least 4 members (excludes halogenated alkanes) is 1. The Morgan fingerprint density at radius 2 is 2.17 bits per heavy atom. The van der Waals surface area contributed by atoms with Crippen LogP contribution in [0.4, 0.5) is 0 Å². The van der Waals surface area contributed by atoms with Crippen molar-refractivity contribution in [2.45, 2.75) is 33.1 Å². The maximum absolute atomic E-state index is 12.2. The summed E-state index contributed by atoms with van der Waals surface area (Å²) in [5.41, 5.74) is 1.90. The maximum Gasteiger partial charge on any atom is 0.254 e. The number of benzene rings is 1. The first-order chi connectivity index (χ1) is 8.77. The van der Waals surface area contributed by atoms with Crippen LogP contribution in [0.15, 0.2) is 18.2 Å². The quantitative estimate of drug-likeness (QED) is 0.749. The van der Waals surface area contributed by atoms with E-state index in [0.717, 1.165) is 55.8 Å². The Morgan fingerprint density at radius 1 is 1.33 bits per heavy atom. The van der Waals surface area contributed by atoms with Crippen LogP contribution in [0.1, 0.15) is 42.6 Å². The Labute approximate surface area is 109 Å². The average molecular weight is 247 g/mol. The summed E-state index contributed by atoms with van der Waals surface area (Å²) in [6, 6.07) is 5.80. The lowest BCUT2D eigenvalue weighted by molar-refractivity contribution is 0.0747. The lowest BCUT2D eigenvalue weighted by Gasteiger charge is -2.28. The van der Waals surface area contributed by atoms with Crippen molar-refractivity contribution in [1.29, 1.82) is 0 Å². The molecule has 0 atom stereocenters. The van der Waals surface area contributed by atoms with Crippen molar-refractivity contribution in [3.8, 4) is 5.75 Å². The third kappa shape index (κ3) is 2.50. The molecule has 0 bridgehead atoms. The van der Waals surface area contributed by atoms with E-state index < -0.39 is 0 Å². The number of hydrogen-bond donors (Lipinski definition) is 0. The Balaban J connectivity index is 2.20. The predicted molar refractivity (Wildman–Crippen MR) is 72.1 cm³/mol. The molecule has 0 saturated carbocycles. The van der Waals surface area contributed by atoms with Gasteiger partial charge < -0.3 is 9.64 Å². The Bertz CT molecular complexity index is 429. The molecular formula is C15H21NO2. The molecule has 3 heteroatoms. The van der Waals surface area contributed by atoms with Gasteiger partial charge in [0.15, 0.2) is 0 Å². The van der Waals surface area contributed by atoms with Crippen molar-refractivity contribution >= 4 is 5.91 Å². The minimum atomic E-state index is 0.139. The summed E-state index contributed by atoms with van der Waals surface area (Å²) in [6.45, 7) is 6.48. The molecule has 0 fully saturated rings. The van der Waals surface area contributed by atoms with Crippen LogP contribution in [-0.4, -0.2) is 30.5 Å². The SMILES string of the molecule is CCCCOc1cccc2c1CCN(CC)C2=O. The van der Waals surface area contributed by atoms with Gasteiger partial charge in [-0.2, -0.15) is 0 Å². The number of nitrogens with zero attached hydrogens (tertiary/aromatic N) is 1. The minimum absolute atomic E-state index is 0.139. The van der Waals surface area contributed by atoms with E-state index >= 15 is 0 Å². The van der Waals surface area contributed by atoms with E-state index in [2.05, 4.69) is 6.92 Å². The zero-order chi connectivity index (χ0) is 13.0. The van der Waals surface area contributed by atoms with E-state index in [9.17, 15) is 4.79 Å². The zero-order valence-corrected chi connectivity index (χ0v) is 11.2. The van der Waals surface area contributed by atoms with Crippen molar-refractivity contribution in [3.63, 3.8) is 0 Å². The van der Waals surface area contributed by atoms with E-state index in [4.69, 9.17) is 4.74 Å². The fourth-order valence-corrected chi connectivity index (χ4v) is 2.31. The molecule has 18 heavy (non-hydrogen) atoms. The van der Waals surface area contributed by atoms with Crippen molar-refractivity contribution < 1.29 is 9.53 Å². The summed E-state index contributed by atoms with van der Waals surface area (Å²) < 4.78 is 5.79. The molecule has 2 rings (SSSR count). The summed E-state index contributed by atoms with van der Waals surface area (Å²) in [7, 11) is 0. The molecular weight excluding hydrogens is 226 g/mol. The fraction of sp³-hybridized carbons (Fsp3) is 0.533. The van der Waals surface area contributed by atoms with E-state index in [-0.39, 0.29) is 5.91 Å². The molecule has 98 valence electrons. The van der Waals surface area contributed by atoms with Crippen LogP contribution in [0.2, 0.25) is 0 Å². The largest absolute Gasteiger partial charge is 0.493 e. The lowest BCUT2D eigenvalue weighted by atomic mass is 9.98. The van der Waals surface area contributed by atoms with Gasteiger partial charge in [-0.3, -0.25) is 4.79 Å². The van der Waals surface area contributed by atoms with Crippen molar-refractivity contribution in [3.05, 3.63) is 29.3 Å². The molecule has 3 nitrogen and oxygen atoms in total. The molecule has 0 spiro atoms. The second-order valence-corrected chi connectivity index (χ2v) is 4.62. The minimum Gasteiger partial charge on any atom is -0.493 e. The smallest absolute Gasteiger partial charge is 0.254 e. The van der Waals surface area contributed by atoms with Crippen LogP contribution in [0.5, 0.6) is 5.75 Å². The van der Waals surface area contributed by atoms with Crippen LogP contribution < -0.4 is 4.74 Å². The highest BCUT2D eigenvalue weighted by Gasteiger charge is 2.25. The number of amides is 1. The van der Waals surface area contributed by atoms with Gasteiger partial charge in [-0.05, 0) is 31.9 Å². The van der Waals surface area contributed by atoms with E-state index in [1.54, 1.807) is 0 Å². The van der Waals surface area contributed by atoms with E-state index in [0.29, 0.717) is 0 Å². The number of fused-ring (bicyclic) bond motifs is 1. The van der Waals surface area contributed by atoms with Crippen LogP contribution in [0.25, 0.3) is 0 Å². The van der Waals surface area contributed by atoms with E-state index in [1.165, 1.54) is 0 Å². The summed E-state index contributed by atoms with van der Waals surface area (Å²) in [5, 5.41) is 0. The first-order valence-corrected chi connectivity index (χ1v) is 6.81. The third-order valence-corrected chi connectivity index (χ3v) is 3.42. The van der Waals surface area contributed by atoms with Crippen LogP contribution in [-0.2, 0) is 6.42 Å². The number of ether oxygens (including phenoxy) is 1. The second-order valence-electron chi connectivity index (χ2n) is 4.62. The predicted octanol–water partition coefficient (Wildman–Crippen LogP) is 2.88. The van der Waals surface area contributed by atoms with Gasteiger partial charge in [0.2, 0.25) is 0 Å². The molecule has 0 radical (unpaired) electrons. The fourth-order valence-electron chi connectivity index (χ4n) is 2.31. The Kier molecular flexibility index (Phi) is 4.24. The van der Waals surface area contributed by atoms with Crippen molar-refractivity contribution in [2.75, 3.05) is 19.7 Å². The average Bonchev–Trinajstić information content (AvgIpc) is 2.40. The topological polar surface area (TPSA) is 29.5 Å². The van der Waals surface area contributed by atoms with Gasteiger partial charge in [0, 0.05) is 24.2 Å². The summed E-state index contributed by atoms with van der Waals surface area (Å²) in [5.74, 6) is 1.03. The highest BCUT2D eigenvalue weighted by molar-refractivity contribution is 5.97. The number of likely N-dealkylation sites (N-methyl/N-ethyl adjacent to an activating group) is 1. The molecule has 1 aliphatic heterocycles. The third-order valence-electron chi connectivity index (χ3n) is 3.42. The standard InChI is InChI=1S/C15H21NO2/c1-3-5-11-18-14-8-6-7-13-12(14)9-10-16(4-2)15(13)17/h6-8H,3-5,9-11H2,1-2H3. The molecule has 1 aliphatic rings. The lowest BCUT2D eigenvalue weighted by Crippen LogP contribution is -2.37. The van der Waals surface area contributed by atoms with Crippen LogP contribution >= 0.6 is 0 Å². The molecule has 0 aliphatic carbocycles. The molecule has 1 aromatic rings. The van der Waals surface area contributed by atoms with Gasteiger partial charge in [0.05, 0.1) is 6.61 Å². The molecule has 1 amide bonds. The number of rotatable bonds is 5. The highest BCUT2D eigenvalue weighted by atomic mass is 16.5. The Morgan fingerprint density at radius 3 is 2.89 bits per heavy atom. The van der Waals surface area contributed by atoms with Crippen LogP contribution in [0, 0.1) is 0 Å². The van der Waals surface area contributed by atoms with Crippen molar-refractivity contribution in [2.24, 2.45) is 0 Å². The van der Waals surface area contributed by atoms with Gasteiger partial charge in [0.25, 0.3) is 5.91 Å². The van der Waals surface area contributed by atoms with Gasteiger partial charge in [-0.1, -0.05) is 19.4 Å². The van der Waals surface area contributed by atoms with Gasteiger partial charge in [-0.25, -0.2) is 0 Å². The first kappa shape index (κ1) is 12.9. The number of carbonyl (C=O) groups excluding carboxylic acids is 1. The monoisotopic (exact) mass is 247 g/mol. The molecule has 0 unspecified atom stereocenters. The molecule has 1 heterocycles. The summed E-state index contributed by atoms with van der Waals surface area (Å²) >= 11 is 0. The number of carbonyl (C=O) groups is 1. The number of hydrogen-bond acceptors (Lipinski definition) is 2. The highest BCUT2D eigenvalue weighted by Crippen LogP contribution is 2.28. The maximum atomic E-state index is 12.2.